The third-order valence-corrected chi connectivity index (χ3v) is 3.34. The molecule has 0 radical (unpaired) electrons. The van der Waals surface area contributed by atoms with Crippen molar-refractivity contribution in [2.45, 2.75) is 0 Å². The van der Waals surface area contributed by atoms with Crippen molar-refractivity contribution < 1.29 is 9.53 Å². The number of nitrogens with one attached hydrogen (secondary N) is 1. The van der Waals surface area contributed by atoms with Crippen molar-refractivity contribution in [3.8, 4) is 6.07 Å². The Kier molecular flexibility index (Phi) is 5.04. The summed E-state index contributed by atoms with van der Waals surface area (Å²) in [5.41, 5.74) is 0.771. The number of amides is 1. The fourth-order valence-corrected chi connectivity index (χ4v) is 2.20. The van der Waals surface area contributed by atoms with Crippen LogP contribution in [-0.2, 0) is 9.53 Å². The summed E-state index contributed by atoms with van der Waals surface area (Å²) in [4.78, 5) is 14.1. The predicted molar refractivity (Wildman–Crippen MR) is 79.2 cm³/mol. The molecule has 1 heterocycles. The summed E-state index contributed by atoms with van der Waals surface area (Å²) in [5.74, 6) is -1.22. The number of hydrogen-bond acceptors (Lipinski definition) is 4. The number of rotatable bonds is 3. The number of thiocarbonyl (C=S) groups is 1. The van der Waals surface area contributed by atoms with E-state index in [9.17, 15) is 10.1 Å². The molecule has 2 rings (SSSR count). The Morgan fingerprint density at radius 1 is 1.35 bits per heavy atom. The van der Waals surface area contributed by atoms with Gasteiger partial charge in [-0.3, -0.25) is 4.79 Å². The molecule has 1 amide bonds. The van der Waals surface area contributed by atoms with Gasteiger partial charge in [-0.15, -0.1) is 0 Å². The molecule has 1 aliphatic rings. The van der Waals surface area contributed by atoms with Gasteiger partial charge < -0.3 is 15.0 Å². The molecule has 1 N–H and O–H groups in total. The van der Waals surface area contributed by atoms with E-state index in [1.807, 2.05) is 36.4 Å². The molecule has 1 aliphatic heterocycles. The van der Waals surface area contributed by atoms with Crippen molar-refractivity contribution in [1.82, 2.24) is 4.90 Å². The lowest BCUT2D eigenvalue weighted by Crippen LogP contribution is -2.46. The van der Waals surface area contributed by atoms with E-state index in [2.05, 4.69) is 5.32 Å². The third-order valence-electron chi connectivity index (χ3n) is 3.00. The Morgan fingerprint density at radius 2 is 2.00 bits per heavy atom. The molecule has 0 aliphatic carbocycles. The second kappa shape index (κ2) is 6.98. The van der Waals surface area contributed by atoms with Crippen LogP contribution in [0.2, 0.25) is 0 Å². The molecular weight excluding hydrogens is 274 g/mol. The van der Waals surface area contributed by atoms with Gasteiger partial charge in [0.1, 0.15) is 4.99 Å². The van der Waals surface area contributed by atoms with Crippen LogP contribution in [0.5, 0.6) is 0 Å². The Balaban J connectivity index is 2.02. The number of para-hydroxylation sites is 1. The summed E-state index contributed by atoms with van der Waals surface area (Å²) in [7, 11) is 0. The van der Waals surface area contributed by atoms with E-state index in [0.717, 1.165) is 5.69 Å². The molecule has 1 aromatic rings. The van der Waals surface area contributed by atoms with Gasteiger partial charge in [-0.2, -0.15) is 5.26 Å². The van der Waals surface area contributed by atoms with Gasteiger partial charge in [0.25, 0.3) is 0 Å². The van der Waals surface area contributed by atoms with Gasteiger partial charge in [-0.1, -0.05) is 30.4 Å². The molecule has 0 bridgehead atoms. The third kappa shape index (κ3) is 3.53. The van der Waals surface area contributed by atoms with Crippen LogP contribution < -0.4 is 5.32 Å². The zero-order chi connectivity index (χ0) is 14.4. The van der Waals surface area contributed by atoms with Crippen LogP contribution in [0, 0.1) is 17.2 Å². The summed E-state index contributed by atoms with van der Waals surface area (Å²) < 4.78 is 5.19. The molecule has 0 spiro atoms. The highest BCUT2D eigenvalue weighted by atomic mass is 32.1. The van der Waals surface area contributed by atoms with Gasteiger partial charge >= 0.3 is 0 Å². The highest BCUT2D eigenvalue weighted by Crippen LogP contribution is 2.12. The Bertz CT molecular complexity index is 521. The van der Waals surface area contributed by atoms with Crippen LogP contribution >= 0.6 is 12.2 Å². The summed E-state index contributed by atoms with van der Waals surface area (Å²) >= 11 is 5.19. The lowest BCUT2D eigenvalue weighted by Gasteiger charge is -2.28. The number of nitriles is 1. The van der Waals surface area contributed by atoms with Crippen LogP contribution in [-0.4, -0.2) is 42.1 Å². The van der Waals surface area contributed by atoms with E-state index in [-0.39, 0.29) is 10.9 Å². The van der Waals surface area contributed by atoms with Crippen LogP contribution in [0.15, 0.2) is 30.3 Å². The minimum atomic E-state index is -0.955. The van der Waals surface area contributed by atoms with Crippen molar-refractivity contribution >= 4 is 28.8 Å². The number of ether oxygens (including phenoxy) is 1. The average molecular weight is 289 g/mol. The first-order chi connectivity index (χ1) is 9.72. The summed E-state index contributed by atoms with van der Waals surface area (Å²) in [6, 6.07) is 11.2. The Labute approximate surface area is 123 Å². The normalized spacial score (nSPS) is 16.1. The smallest absolute Gasteiger partial charge is 0.247 e. The molecule has 5 nitrogen and oxygen atoms in total. The fraction of sp³-hybridized carbons (Fsp3) is 0.357. The number of anilines is 1. The van der Waals surface area contributed by atoms with Crippen molar-refractivity contribution in [3.63, 3.8) is 0 Å². The second-order valence-electron chi connectivity index (χ2n) is 4.36. The zero-order valence-electron chi connectivity index (χ0n) is 10.9. The topological polar surface area (TPSA) is 65.4 Å². The molecule has 1 saturated heterocycles. The van der Waals surface area contributed by atoms with Gasteiger partial charge in [0.15, 0.2) is 5.92 Å². The van der Waals surface area contributed by atoms with Gasteiger partial charge in [0.05, 0.1) is 19.3 Å². The average Bonchev–Trinajstić information content (AvgIpc) is 2.49. The number of hydrogen-bond donors (Lipinski definition) is 1. The quantitative estimate of drug-likeness (QED) is 0.853. The van der Waals surface area contributed by atoms with Crippen LogP contribution in [0.4, 0.5) is 5.69 Å². The molecule has 104 valence electrons. The molecular formula is C14H15N3O2S. The SMILES string of the molecule is N#C[C@@H](C(=O)N1CCOCC1)C(=S)Nc1ccccc1. The lowest BCUT2D eigenvalue weighted by atomic mass is 10.1. The van der Waals surface area contributed by atoms with Gasteiger partial charge in [-0.05, 0) is 12.1 Å². The van der Waals surface area contributed by atoms with E-state index in [1.165, 1.54) is 0 Å². The minimum Gasteiger partial charge on any atom is -0.378 e. The first kappa shape index (κ1) is 14.4. The molecule has 20 heavy (non-hydrogen) atoms. The molecule has 0 saturated carbocycles. The molecule has 6 heteroatoms. The molecule has 0 unspecified atom stereocenters. The summed E-state index contributed by atoms with van der Waals surface area (Å²) in [5, 5.41) is 12.2. The maximum atomic E-state index is 12.3. The van der Waals surface area contributed by atoms with E-state index in [4.69, 9.17) is 17.0 Å². The van der Waals surface area contributed by atoms with Gasteiger partial charge in [-0.25, -0.2) is 0 Å². The van der Waals surface area contributed by atoms with Crippen LogP contribution in [0.25, 0.3) is 0 Å². The molecule has 1 fully saturated rings. The highest BCUT2D eigenvalue weighted by Gasteiger charge is 2.29. The summed E-state index contributed by atoms with van der Waals surface area (Å²) in [6.07, 6.45) is 0. The van der Waals surface area contributed by atoms with Crippen LogP contribution in [0.3, 0.4) is 0 Å². The van der Waals surface area contributed by atoms with Crippen molar-refractivity contribution in [3.05, 3.63) is 30.3 Å². The Hall–Kier alpha value is -1.97. The molecule has 0 aromatic heterocycles. The van der Waals surface area contributed by atoms with Crippen molar-refractivity contribution in [2.75, 3.05) is 31.6 Å². The fourth-order valence-electron chi connectivity index (χ4n) is 1.93. The zero-order valence-corrected chi connectivity index (χ0v) is 11.7. The van der Waals surface area contributed by atoms with E-state index in [1.54, 1.807) is 4.90 Å². The molecule has 1 atom stereocenters. The minimum absolute atomic E-state index is 0.232. The largest absolute Gasteiger partial charge is 0.378 e. The number of carbonyl (C=O) groups is 1. The standard InChI is InChI=1S/C14H15N3O2S/c15-10-12(14(18)17-6-8-19-9-7-17)13(20)16-11-4-2-1-3-5-11/h1-5,12H,6-9H2,(H,16,20)/t12-/m1/s1. The first-order valence-corrected chi connectivity index (χ1v) is 6.75. The second-order valence-corrected chi connectivity index (χ2v) is 4.79. The van der Waals surface area contributed by atoms with Crippen molar-refractivity contribution in [1.29, 1.82) is 5.26 Å². The van der Waals surface area contributed by atoms with Gasteiger partial charge in [0, 0.05) is 18.8 Å². The van der Waals surface area contributed by atoms with E-state index < -0.39 is 5.92 Å². The van der Waals surface area contributed by atoms with E-state index >= 15 is 0 Å². The lowest BCUT2D eigenvalue weighted by molar-refractivity contribution is -0.135. The first-order valence-electron chi connectivity index (χ1n) is 6.34. The van der Waals surface area contributed by atoms with Crippen molar-refractivity contribution in [2.24, 2.45) is 5.92 Å². The maximum Gasteiger partial charge on any atom is 0.247 e. The number of carbonyl (C=O) groups excluding carboxylic acids is 1. The highest BCUT2D eigenvalue weighted by molar-refractivity contribution is 7.80. The Morgan fingerprint density at radius 3 is 2.60 bits per heavy atom. The van der Waals surface area contributed by atoms with Crippen LogP contribution in [0.1, 0.15) is 0 Å². The van der Waals surface area contributed by atoms with E-state index in [0.29, 0.717) is 26.3 Å². The van der Waals surface area contributed by atoms with Gasteiger partial charge in [0.2, 0.25) is 5.91 Å². The summed E-state index contributed by atoms with van der Waals surface area (Å²) in [6.45, 7) is 2.02. The maximum absolute atomic E-state index is 12.3. The number of nitrogens with zero attached hydrogens (tertiary/aromatic N) is 2. The molecule has 1 aromatic carbocycles. The monoisotopic (exact) mass is 289 g/mol. The predicted octanol–water partition coefficient (Wildman–Crippen LogP) is 1.42. The number of benzene rings is 1. The number of morpholine rings is 1.